The van der Waals surface area contributed by atoms with Crippen molar-refractivity contribution in [3.63, 3.8) is 0 Å². The zero-order valence-corrected chi connectivity index (χ0v) is 16.6. The van der Waals surface area contributed by atoms with Crippen molar-refractivity contribution < 1.29 is 42.8 Å². The summed E-state index contributed by atoms with van der Waals surface area (Å²) >= 11 is 0.849. The quantitative estimate of drug-likeness (QED) is 0.257. The molecule has 1 fully saturated rings. The van der Waals surface area contributed by atoms with Crippen LogP contribution in [0.2, 0.25) is 0 Å². The lowest BCUT2D eigenvalue weighted by atomic mass is 9.86. The molecule has 0 radical (unpaired) electrons. The SMILES string of the molecule is CC(C)(COP(=O)(O)O)[C@H]1OC(=O)CC(=O)SCCNC(=O)CCNC1=O. The first-order chi connectivity index (χ1) is 12.4. The van der Waals surface area contributed by atoms with Crippen LogP contribution in [0, 0.1) is 5.41 Å². The average molecular weight is 426 g/mol. The van der Waals surface area contributed by atoms with E-state index in [0.717, 1.165) is 11.8 Å². The minimum Gasteiger partial charge on any atom is -0.451 e. The van der Waals surface area contributed by atoms with E-state index >= 15 is 0 Å². The third-order valence-electron chi connectivity index (χ3n) is 3.43. The molecule has 1 aliphatic rings. The van der Waals surface area contributed by atoms with Crippen molar-refractivity contribution in [3.8, 4) is 0 Å². The number of ether oxygens (including phenoxy) is 1. The molecule has 13 heteroatoms. The van der Waals surface area contributed by atoms with Crippen LogP contribution in [0.3, 0.4) is 0 Å². The van der Waals surface area contributed by atoms with Crippen LogP contribution in [0.15, 0.2) is 0 Å². The van der Waals surface area contributed by atoms with Crippen LogP contribution in [-0.4, -0.2) is 64.2 Å². The minimum atomic E-state index is -4.81. The van der Waals surface area contributed by atoms with E-state index in [1.807, 2.05) is 0 Å². The lowest BCUT2D eigenvalue weighted by Crippen LogP contribution is -2.49. The van der Waals surface area contributed by atoms with Crippen molar-refractivity contribution in [2.45, 2.75) is 32.8 Å². The fourth-order valence-electron chi connectivity index (χ4n) is 2.07. The van der Waals surface area contributed by atoms with Gasteiger partial charge in [-0.3, -0.25) is 23.7 Å². The standard InChI is InChI=1S/C14H23N2O9PS/c1-14(2,8-24-26(21,22)23)12-13(20)16-4-3-9(17)15-5-6-27-11(19)7-10(18)25-12/h12H,3-8H2,1-2H3,(H,15,17)(H,16,20)(H2,21,22,23)/t12-/m0/s1. The van der Waals surface area contributed by atoms with Crippen molar-refractivity contribution in [2.24, 2.45) is 5.41 Å². The van der Waals surface area contributed by atoms with Crippen LogP contribution in [0.4, 0.5) is 0 Å². The number of amides is 2. The van der Waals surface area contributed by atoms with Gasteiger partial charge >= 0.3 is 13.8 Å². The number of esters is 1. The molecule has 0 unspecified atom stereocenters. The van der Waals surface area contributed by atoms with Crippen LogP contribution < -0.4 is 10.6 Å². The number of carbonyl (C=O) groups excluding carboxylic acids is 4. The van der Waals surface area contributed by atoms with E-state index in [1.54, 1.807) is 0 Å². The number of cyclic esters (lactones) is 1. The number of phosphoric ester groups is 1. The molecule has 1 rings (SSSR count). The van der Waals surface area contributed by atoms with E-state index < -0.39 is 49.4 Å². The Balaban J connectivity index is 2.95. The molecule has 1 saturated heterocycles. The van der Waals surface area contributed by atoms with E-state index in [0.29, 0.717) is 0 Å². The Hall–Kier alpha value is -1.46. The second-order valence-corrected chi connectivity index (χ2v) is 8.80. The van der Waals surface area contributed by atoms with Crippen LogP contribution in [0.5, 0.6) is 0 Å². The molecule has 1 aliphatic heterocycles. The molecule has 0 bridgehead atoms. The third kappa shape index (κ3) is 9.34. The molecule has 0 aliphatic carbocycles. The molecule has 1 heterocycles. The number of hydrogen-bond acceptors (Lipinski definition) is 8. The molecule has 4 N–H and O–H groups in total. The van der Waals surface area contributed by atoms with Gasteiger partial charge in [-0.2, -0.15) is 0 Å². The van der Waals surface area contributed by atoms with Gasteiger partial charge in [0.2, 0.25) is 5.91 Å². The van der Waals surface area contributed by atoms with Gasteiger partial charge in [-0.1, -0.05) is 25.6 Å². The summed E-state index contributed by atoms with van der Waals surface area (Å²) in [5.74, 6) is -1.75. The van der Waals surface area contributed by atoms with Crippen molar-refractivity contribution in [1.82, 2.24) is 10.6 Å². The maximum absolute atomic E-state index is 12.4. The van der Waals surface area contributed by atoms with Crippen molar-refractivity contribution >= 4 is 42.5 Å². The number of hydrogen-bond donors (Lipinski definition) is 4. The molecule has 154 valence electrons. The van der Waals surface area contributed by atoms with E-state index in [2.05, 4.69) is 15.2 Å². The second-order valence-electron chi connectivity index (χ2n) is 6.41. The first-order valence-corrected chi connectivity index (χ1v) is 10.5. The number of rotatable bonds is 4. The van der Waals surface area contributed by atoms with Crippen LogP contribution in [0.25, 0.3) is 0 Å². The van der Waals surface area contributed by atoms with Crippen molar-refractivity contribution in [1.29, 1.82) is 0 Å². The Labute approximate surface area is 160 Å². The zero-order valence-electron chi connectivity index (χ0n) is 14.9. The summed E-state index contributed by atoms with van der Waals surface area (Å²) in [5.41, 5.74) is -1.32. The molecule has 2 amide bonds. The molecule has 0 aromatic rings. The normalized spacial score (nSPS) is 21.7. The summed E-state index contributed by atoms with van der Waals surface area (Å²) in [6, 6.07) is 0. The lowest BCUT2D eigenvalue weighted by molar-refractivity contribution is -0.165. The summed E-state index contributed by atoms with van der Waals surface area (Å²) in [7, 11) is -4.81. The Morgan fingerprint density at radius 1 is 1.22 bits per heavy atom. The van der Waals surface area contributed by atoms with Gasteiger partial charge in [0.05, 0.1) is 6.61 Å². The second kappa shape index (κ2) is 10.2. The Bertz CT molecular complexity index is 634. The largest absolute Gasteiger partial charge is 0.469 e. The number of nitrogens with one attached hydrogen (secondary N) is 2. The highest BCUT2D eigenvalue weighted by atomic mass is 32.2. The van der Waals surface area contributed by atoms with E-state index in [4.69, 9.17) is 14.5 Å². The molecule has 0 saturated carbocycles. The first kappa shape index (κ1) is 23.6. The maximum atomic E-state index is 12.4. The molecular formula is C14H23N2O9PS. The predicted octanol–water partition coefficient (Wildman–Crippen LogP) is -0.680. The van der Waals surface area contributed by atoms with Crippen molar-refractivity contribution in [2.75, 3.05) is 25.4 Å². The lowest BCUT2D eigenvalue weighted by Gasteiger charge is -2.32. The highest BCUT2D eigenvalue weighted by Gasteiger charge is 2.40. The minimum absolute atomic E-state index is 0.0234. The van der Waals surface area contributed by atoms with E-state index in [-0.39, 0.29) is 31.2 Å². The summed E-state index contributed by atoms with van der Waals surface area (Å²) in [5, 5.41) is 4.52. The number of carbonyl (C=O) groups is 4. The number of thioether (sulfide) groups is 1. The molecule has 0 spiro atoms. The predicted molar refractivity (Wildman–Crippen MR) is 94.4 cm³/mol. The smallest absolute Gasteiger partial charge is 0.451 e. The van der Waals surface area contributed by atoms with Gasteiger partial charge < -0.3 is 25.2 Å². The summed E-state index contributed by atoms with van der Waals surface area (Å²) in [4.78, 5) is 65.6. The third-order valence-corrected chi connectivity index (χ3v) is 4.77. The topological polar surface area (TPSA) is 168 Å². The fraction of sp³-hybridized carbons (Fsp3) is 0.714. The molecule has 0 aromatic carbocycles. The van der Waals surface area contributed by atoms with Gasteiger partial charge in [0.1, 0.15) is 6.42 Å². The zero-order chi connectivity index (χ0) is 20.7. The van der Waals surface area contributed by atoms with E-state index in [9.17, 15) is 23.7 Å². The highest BCUT2D eigenvalue weighted by molar-refractivity contribution is 8.13. The molecule has 11 nitrogen and oxygen atoms in total. The van der Waals surface area contributed by atoms with Crippen LogP contribution in [0.1, 0.15) is 26.7 Å². The summed E-state index contributed by atoms with van der Waals surface area (Å²) < 4.78 is 20.5. The molecule has 0 aromatic heterocycles. The highest BCUT2D eigenvalue weighted by Crippen LogP contribution is 2.39. The number of phosphoric acid groups is 1. The maximum Gasteiger partial charge on any atom is 0.469 e. The van der Waals surface area contributed by atoms with Crippen LogP contribution >= 0.6 is 19.6 Å². The van der Waals surface area contributed by atoms with Gasteiger partial charge in [-0.15, -0.1) is 0 Å². The molecular weight excluding hydrogens is 403 g/mol. The Morgan fingerprint density at radius 3 is 2.52 bits per heavy atom. The monoisotopic (exact) mass is 426 g/mol. The average Bonchev–Trinajstić information content (AvgIpc) is 2.53. The molecule has 1 atom stereocenters. The van der Waals surface area contributed by atoms with Gasteiger partial charge in [0, 0.05) is 30.7 Å². The van der Waals surface area contributed by atoms with E-state index in [1.165, 1.54) is 13.8 Å². The van der Waals surface area contributed by atoms with Crippen LogP contribution in [-0.2, 0) is 33.0 Å². The first-order valence-electron chi connectivity index (χ1n) is 8.00. The van der Waals surface area contributed by atoms with Gasteiger partial charge in [0.15, 0.2) is 11.2 Å². The summed E-state index contributed by atoms with van der Waals surface area (Å²) in [6.45, 7) is 2.44. The Kier molecular flexibility index (Phi) is 8.89. The molecule has 27 heavy (non-hydrogen) atoms. The fourth-order valence-corrected chi connectivity index (χ4v) is 3.22. The van der Waals surface area contributed by atoms with Gasteiger partial charge in [-0.05, 0) is 0 Å². The van der Waals surface area contributed by atoms with Gasteiger partial charge in [-0.25, -0.2) is 4.57 Å². The van der Waals surface area contributed by atoms with Gasteiger partial charge in [0.25, 0.3) is 5.91 Å². The Morgan fingerprint density at radius 2 is 1.89 bits per heavy atom. The van der Waals surface area contributed by atoms with Crippen molar-refractivity contribution in [3.05, 3.63) is 0 Å². The summed E-state index contributed by atoms with van der Waals surface area (Å²) in [6.07, 6.45) is -2.09.